The van der Waals surface area contributed by atoms with Gasteiger partial charge in [0.1, 0.15) is 11.5 Å². The van der Waals surface area contributed by atoms with Crippen molar-refractivity contribution in [3.05, 3.63) is 52.4 Å². The second-order valence-corrected chi connectivity index (χ2v) is 6.02. The van der Waals surface area contributed by atoms with E-state index >= 15 is 0 Å². The predicted octanol–water partition coefficient (Wildman–Crippen LogP) is 3.61. The molecule has 128 valence electrons. The normalized spacial score (nSPS) is 10.4. The van der Waals surface area contributed by atoms with E-state index in [1.54, 1.807) is 0 Å². The van der Waals surface area contributed by atoms with Gasteiger partial charge in [-0.3, -0.25) is 4.79 Å². The first-order valence-corrected chi connectivity index (χ1v) is 8.31. The molecule has 0 saturated carbocycles. The third kappa shape index (κ3) is 6.08. The first kappa shape index (κ1) is 18.1. The molecule has 1 aromatic carbocycles. The van der Waals surface area contributed by atoms with Gasteiger partial charge in [0.15, 0.2) is 0 Å². The Balaban J connectivity index is 1.57. The maximum absolute atomic E-state index is 11.7. The van der Waals surface area contributed by atoms with Crippen LogP contribution in [0.1, 0.15) is 35.6 Å². The molecule has 2 rings (SSSR count). The number of rotatable bonds is 9. The van der Waals surface area contributed by atoms with Gasteiger partial charge in [-0.05, 0) is 49.2 Å². The van der Waals surface area contributed by atoms with Crippen molar-refractivity contribution in [3.8, 4) is 5.75 Å². The number of carboxylic acid groups (broad SMARTS) is 1. The largest absolute Gasteiger partial charge is 0.494 e. The molecule has 0 fully saturated rings. The summed E-state index contributed by atoms with van der Waals surface area (Å²) in [4.78, 5) is 22.4. The van der Waals surface area contributed by atoms with Gasteiger partial charge < -0.3 is 19.6 Å². The van der Waals surface area contributed by atoms with Crippen LogP contribution in [0.25, 0.3) is 0 Å². The van der Waals surface area contributed by atoms with Gasteiger partial charge in [0.05, 0.1) is 13.2 Å². The van der Waals surface area contributed by atoms with E-state index in [0.717, 1.165) is 16.6 Å². The number of hydrogen-bond acceptors (Lipinski definition) is 4. The summed E-state index contributed by atoms with van der Waals surface area (Å²) in [6, 6.07) is 10.5. The van der Waals surface area contributed by atoms with Crippen LogP contribution in [0.4, 0.5) is 0 Å². The molecule has 0 unspecified atom stereocenters. The predicted molar refractivity (Wildman–Crippen MR) is 91.0 cm³/mol. The zero-order valence-corrected chi connectivity index (χ0v) is 14.5. The molecular weight excluding hydrogens is 378 g/mol. The number of carbonyl (C=O) groups excluding carboxylic acids is 1. The highest BCUT2D eigenvalue weighted by molar-refractivity contribution is 9.10. The monoisotopic (exact) mass is 395 g/mol. The number of halogens is 1. The molecule has 0 radical (unpaired) electrons. The van der Waals surface area contributed by atoms with Crippen LogP contribution in [-0.4, -0.2) is 23.6 Å². The molecule has 6 nitrogen and oxygen atoms in total. The van der Waals surface area contributed by atoms with Crippen molar-refractivity contribution < 1.29 is 23.8 Å². The lowest BCUT2D eigenvalue weighted by Gasteiger charge is -2.06. The third-order valence-electron chi connectivity index (χ3n) is 3.21. The average Bonchev–Trinajstić information content (AvgIpc) is 3.04. The zero-order valence-electron chi connectivity index (χ0n) is 13.0. The van der Waals surface area contributed by atoms with Crippen LogP contribution in [0.2, 0.25) is 0 Å². The van der Waals surface area contributed by atoms with Crippen molar-refractivity contribution in [1.82, 2.24) is 5.32 Å². The van der Waals surface area contributed by atoms with Crippen LogP contribution in [0.15, 0.2) is 45.3 Å². The molecule has 2 N–H and O–H groups in total. The van der Waals surface area contributed by atoms with E-state index in [9.17, 15) is 9.59 Å². The lowest BCUT2D eigenvalue weighted by molar-refractivity contribution is -0.121. The molecule has 1 heterocycles. The third-order valence-corrected chi connectivity index (χ3v) is 3.74. The first-order chi connectivity index (χ1) is 11.5. The molecule has 0 aliphatic rings. The standard InChI is InChI=1S/C17H18BrNO5/c18-12-4-6-13(7-5-12)23-10-2-1-3-16(20)19-11-14-8-9-15(24-14)17(21)22/h4-9H,1-3,10-11H2,(H,19,20)(H,21,22). The minimum atomic E-state index is -1.13. The van der Waals surface area contributed by atoms with E-state index in [4.69, 9.17) is 14.3 Å². The Morgan fingerprint density at radius 1 is 1.12 bits per heavy atom. The van der Waals surface area contributed by atoms with Gasteiger partial charge in [-0.1, -0.05) is 15.9 Å². The summed E-state index contributed by atoms with van der Waals surface area (Å²) in [6.45, 7) is 0.733. The fourth-order valence-electron chi connectivity index (χ4n) is 1.97. The Kier molecular flexibility index (Phi) is 6.87. The second kappa shape index (κ2) is 9.12. The average molecular weight is 396 g/mol. The van der Waals surface area contributed by atoms with Crippen LogP contribution < -0.4 is 10.1 Å². The van der Waals surface area contributed by atoms with Gasteiger partial charge >= 0.3 is 5.97 Å². The summed E-state index contributed by atoms with van der Waals surface area (Å²) in [5, 5.41) is 11.4. The van der Waals surface area contributed by atoms with Crippen molar-refractivity contribution in [2.75, 3.05) is 6.61 Å². The van der Waals surface area contributed by atoms with E-state index in [1.807, 2.05) is 24.3 Å². The number of aromatic carboxylic acids is 1. The van der Waals surface area contributed by atoms with E-state index < -0.39 is 5.97 Å². The molecule has 0 spiro atoms. The summed E-state index contributed by atoms with van der Waals surface area (Å²) in [5.74, 6) is -0.149. The molecule has 24 heavy (non-hydrogen) atoms. The smallest absolute Gasteiger partial charge is 0.371 e. The molecule has 0 bridgehead atoms. The molecule has 7 heteroatoms. The maximum atomic E-state index is 11.7. The van der Waals surface area contributed by atoms with Gasteiger partial charge in [-0.25, -0.2) is 4.79 Å². The van der Waals surface area contributed by atoms with Gasteiger partial charge in [0.2, 0.25) is 11.7 Å². The number of furan rings is 1. The summed E-state index contributed by atoms with van der Waals surface area (Å²) in [7, 11) is 0. The summed E-state index contributed by atoms with van der Waals surface area (Å²) < 4.78 is 11.6. The summed E-state index contributed by atoms with van der Waals surface area (Å²) >= 11 is 3.36. The van der Waals surface area contributed by atoms with Crippen LogP contribution in [0, 0.1) is 0 Å². The van der Waals surface area contributed by atoms with Crippen LogP contribution in [-0.2, 0) is 11.3 Å². The first-order valence-electron chi connectivity index (χ1n) is 7.51. The van der Waals surface area contributed by atoms with Gasteiger partial charge in [0.25, 0.3) is 0 Å². The van der Waals surface area contributed by atoms with Gasteiger partial charge in [0, 0.05) is 10.9 Å². The zero-order chi connectivity index (χ0) is 17.4. The Morgan fingerprint density at radius 3 is 2.54 bits per heavy atom. The van der Waals surface area contributed by atoms with E-state index in [0.29, 0.717) is 25.2 Å². The molecule has 0 aliphatic heterocycles. The lowest BCUT2D eigenvalue weighted by atomic mass is 10.2. The Bertz CT molecular complexity index is 681. The number of hydrogen-bond donors (Lipinski definition) is 2. The maximum Gasteiger partial charge on any atom is 0.371 e. The second-order valence-electron chi connectivity index (χ2n) is 5.11. The molecule has 0 atom stereocenters. The van der Waals surface area contributed by atoms with Crippen molar-refractivity contribution in [2.45, 2.75) is 25.8 Å². The number of carboxylic acids is 1. The minimum Gasteiger partial charge on any atom is -0.494 e. The van der Waals surface area contributed by atoms with Gasteiger partial charge in [-0.2, -0.15) is 0 Å². The molecule has 0 aliphatic carbocycles. The minimum absolute atomic E-state index is 0.105. The molecule has 2 aromatic rings. The van der Waals surface area contributed by atoms with Crippen molar-refractivity contribution >= 4 is 27.8 Å². The Morgan fingerprint density at radius 2 is 1.88 bits per heavy atom. The quantitative estimate of drug-likeness (QED) is 0.633. The Labute approximate surface area is 147 Å². The van der Waals surface area contributed by atoms with Crippen molar-refractivity contribution in [1.29, 1.82) is 0 Å². The van der Waals surface area contributed by atoms with E-state index in [-0.39, 0.29) is 18.2 Å². The molecular formula is C17H18BrNO5. The number of unbranched alkanes of at least 4 members (excludes halogenated alkanes) is 1. The Hall–Kier alpha value is -2.28. The number of benzene rings is 1. The summed E-state index contributed by atoms with van der Waals surface area (Å²) in [6.07, 6.45) is 1.87. The number of ether oxygens (including phenoxy) is 1. The van der Waals surface area contributed by atoms with Crippen LogP contribution >= 0.6 is 15.9 Å². The SMILES string of the molecule is O=C(CCCCOc1ccc(Br)cc1)NCc1ccc(C(=O)O)o1. The highest BCUT2D eigenvalue weighted by atomic mass is 79.9. The molecule has 0 saturated heterocycles. The highest BCUT2D eigenvalue weighted by Crippen LogP contribution is 2.16. The fourth-order valence-corrected chi connectivity index (χ4v) is 2.23. The fraction of sp³-hybridized carbons (Fsp3) is 0.294. The number of amides is 1. The van der Waals surface area contributed by atoms with E-state index in [2.05, 4.69) is 21.2 Å². The molecule has 1 aromatic heterocycles. The molecule has 1 amide bonds. The van der Waals surface area contributed by atoms with Crippen molar-refractivity contribution in [2.24, 2.45) is 0 Å². The number of nitrogens with one attached hydrogen (secondary N) is 1. The summed E-state index contributed by atoms with van der Waals surface area (Å²) in [5.41, 5.74) is 0. The number of carbonyl (C=O) groups is 2. The highest BCUT2D eigenvalue weighted by Gasteiger charge is 2.09. The topological polar surface area (TPSA) is 88.8 Å². The van der Waals surface area contributed by atoms with Crippen LogP contribution in [0.3, 0.4) is 0 Å². The van der Waals surface area contributed by atoms with E-state index in [1.165, 1.54) is 12.1 Å². The van der Waals surface area contributed by atoms with Gasteiger partial charge in [-0.15, -0.1) is 0 Å². The van der Waals surface area contributed by atoms with Crippen LogP contribution in [0.5, 0.6) is 5.75 Å². The lowest BCUT2D eigenvalue weighted by Crippen LogP contribution is -2.22. The van der Waals surface area contributed by atoms with Crippen molar-refractivity contribution in [3.63, 3.8) is 0 Å².